The van der Waals surface area contributed by atoms with Crippen LogP contribution in [0, 0.1) is 0 Å². The van der Waals surface area contributed by atoms with Crippen molar-refractivity contribution in [1.82, 2.24) is 15.3 Å². The Kier molecular flexibility index (Phi) is 4.32. The minimum absolute atomic E-state index is 0.0283. The molecule has 0 unspecified atom stereocenters. The summed E-state index contributed by atoms with van der Waals surface area (Å²) in [7, 11) is 2.01. The van der Waals surface area contributed by atoms with E-state index >= 15 is 0 Å². The Morgan fingerprint density at radius 2 is 2.05 bits per heavy atom. The van der Waals surface area contributed by atoms with E-state index in [2.05, 4.69) is 20.2 Å². The van der Waals surface area contributed by atoms with Gasteiger partial charge in [-0.3, -0.25) is 14.8 Å². The van der Waals surface area contributed by atoms with Gasteiger partial charge in [-0.1, -0.05) is 0 Å². The molecule has 0 spiro atoms. The molecule has 0 aliphatic heterocycles. The van der Waals surface area contributed by atoms with Gasteiger partial charge in [0.2, 0.25) is 0 Å². The molecule has 1 saturated carbocycles. The van der Waals surface area contributed by atoms with Crippen molar-refractivity contribution in [3.05, 3.63) is 54.1 Å². The number of rotatable bonds is 6. The van der Waals surface area contributed by atoms with Crippen molar-refractivity contribution < 1.29 is 4.79 Å². The first kappa shape index (κ1) is 14.5. The summed E-state index contributed by atoms with van der Waals surface area (Å²) >= 11 is 0. The molecule has 2 aromatic rings. The molecule has 1 fully saturated rings. The van der Waals surface area contributed by atoms with Crippen LogP contribution in [0.25, 0.3) is 0 Å². The van der Waals surface area contributed by atoms with Gasteiger partial charge < -0.3 is 10.2 Å². The quantitative estimate of drug-likeness (QED) is 0.886. The number of carbonyl (C=O) groups excluding carboxylic acids is 1. The minimum Gasteiger partial charge on any atom is -0.373 e. The Morgan fingerprint density at radius 1 is 1.27 bits per heavy atom. The Hall–Kier alpha value is -2.43. The van der Waals surface area contributed by atoms with Crippen LogP contribution in [0.4, 0.5) is 5.69 Å². The van der Waals surface area contributed by atoms with Crippen LogP contribution in [0.1, 0.15) is 28.8 Å². The number of amides is 1. The Bertz CT molecular complexity index is 640. The topological polar surface area (TPSA) is 58.1 Å². The maximum absolute atomic E-state index is 12.1. The van der Waals surface area contributed by atoms with Crippen LogP contribution in [-0.4, -0.2) is 35.5 Å². The summed E-state index contributed by atoms with van der Waals surface area (Å²) in [5, 5.41) is 2.99. The number of carbonyl (C=O) groups is 1. The standard InChI is InChI=1S/C17H20N4O/c1-21(9-6-13-4-7-18-8-5-13)16-10-14(11-19-12-16)17(22)20-15-2-3-15/h4-5,7-8,10-12,15H,2-3,6,9H2,1H3,(H,20,22). The number of hydrogen-bond donors (Lipinski definition) is 1. The van der Waals surface area contributed by atoms with Crippen molar-refractivity contribution in [1.29, 1.82) is 0 Å². The van der Waals surface area contributed by atoms with Gasteiger partial charge in [0.05, 0.1) is 17.4 Å². The summed E-state index contributed by atoms with van der Waals surface area (Å²) in [5.41, 5.74) is 2.83. The number of nitrogens with one attached hydrogen (secondary N) is 1. The monoisotopic (exact) mass is 296 g/mol. The number of hydrogen-bond acceptors (Lipinski definition) is 4. The van der Waals surface area contributed by atoms with Crippen molar-refractivity contribution >= 4 is 11.6 Å². The number of pyridine rings is 2. The van der Waals surface area contributed by atoms with Crippen LogP contribution in [0.3, 0.4) is 0 Å². The van der Waals surface area contributed by atoms with Gasteiger partial charge in [0.1, 0.15) is 0 Å². The number of nitrogens with zero attached hydrogens (tertiary/aromatic N) is 3. The van der Waals surface area contributed by atoms with Crippen molar-refractivity contribution in [2.45, 2.75) is 25.3 Å². The molecule has 0 bridgehead atoms. The van der Waals surface area contributed by atoms with E-state index in [1.165, 1.54) is 5.56 Å². The molecular weight excluding hydrogens is 276 g/mol. The Morgan fingerprint density at radius 3 is 2.77 bits per heavy atom. The van der Waals surface area contributed by atoms with Gasteiger partial charge in [-0.05, 0) is 43.0 Å². The molecule has 22 heavy (non-hydrogen) atoms. The first-order chi connectivity index (χ1) is 10.7. The van der Waals surface area contributed by atoms with Crippen molar-refractivity contribution in [3.8, 4) is 0 Å². The first-order valence-corrected chi connectivity index (χ1v) is 7.58. The smallest absolute Gasteiger partial charge is 0.253 e. The first-order valence-electron chi connectivity index (χ1n) is 7.58. The lowest BCUT2D eigenvalue weighted by atomic mass is 10.2. The second-order valence-corrected chi connectivity index (χ2v) is 5.71. The molecule has 5 nitrogen and oxygen atoms in total. The fourth-order valence-electron chi connectivity index (χ4n) is 2.23. The summed E-state index contributed by atoms with van der Waals surface area (Å²) in [6.45, 7) is 0.861. The summed E-state index contributed by atoms with van der Waals surface area (Å²) in [6, 6.07) is 6.30. The minimum atomic E-state index is -0.0283. The van der Waals surface area contributed by atoms with E-state index in [0.717, 1.165) is 31.5 Å². The van der Waals surface area contributed by atoms with Crippen molar-refractivity contribution in [2.75, 3.05) is 18.5 Å². The van der Waals surface area contributed by atoms with Crippen molar-refractivity contribution in [3.63, 3.8) is 0 Å². The molecule has 0 atom stereocenters. The molecule has 3 rings (SSSR count). The molecule has 0 saturated heterocycles. The highest BCUT2D eigenvalue weighted by Gasteiger charge is 2.24. The SMILES string of the molecule is CN(CCc1ccncc1)c1cncc(C(=O)NC2CC2)c1. The van der Waals surface area contributed by atoms with E-state index in [4.69, 9.17) is 0 Å². The second kappa shape index (κ2) is 6.56. The maximum atomic E-state index is 12.1. The molecule has 5 heteroatoms. The normalized spacial score (nSPS) is 13.7. The van der Waals surface area contributed by atoms with Gasteiger partial charge in [0.15, 0.2) is 0 Å². The number of likely N-dealkylation sites (N-methyl/N-ethyl adjacent to an activating group) is 1. The fourth-order valence-corrected chi connectivity index (χ4v) is 2.23. The zero-order chi connectivity index (χ0) is 15.4. The Labute approximate surface area is 130 Å². The van der Waals surface area contributed by atoms with Crippen LogP contribution < -0.4 is 10.2 Å². The zero-order valence-corrected chi connectivity index (χ0v) is 12.7. The molecule has 1 amide bonds. The molecule has 1 aliphatic rings. The highest BCUT2D eigenvalue weighted by Crippen LogP contribution is 2.20. The summed E-state index contributed by atoms with van der Waals surface area (Å²) in [4.78, 5) is 22.4. The lowest BCUT2D eigenvalue weighted by Gasteiger charge is -2.19. The zero-order valence-electron chi connectivity index (χ0n) is 12.7. The largest absolute Gasteiger partial charge is 0.373 e. The lowest BCUT2D eigenvalue weighted by Crippen LogP contribution is -2.26. The van der Waals surface area contributed by atoms with Crippen LogP contribution >= 0.6 is 0 Å². The average Bonchev–Trinajstić information content (AvgIpc) is 3.37. The highest BCUT2D eigenvalue weighted by atomic mass is 16.1. The van der Waals surface area contributed by atoms with E-state index in [0.29, 0.717) is 11.6 Å². The van der Waals surface area contributed by atoms with E-state index in [1.54, 1.807) is 24.8 Å². The molecule has 1 aliphatic carbocycles. The van der Waals surface area contributed by atoms with Crippen LogP contribution in [0.15, 0.2) is 43.0 Å². The summed E-state index contributed by atoms with van der Waals surface area (Å²) in [6.07, 6.45) is 10.1. The van der Waals surface area contributed by atoms with Gasteiger partial charge in [0, 0.05) is 38.2 Å². The fraction of sp³-hybridized carbons (Fsp3) is 0.353. The third kappa shape index (κ3) is 3.81. The van der Waals surface area contributed by atoms with E-state index in [1.807, 2.05) is 25.2 Å². The Balaban J connectivity index is 1.61. The van der Waals surface area contributed by atoms with E-state index < -0.39 is 0 Å². The van der Waals surface area contributed by atoms with Gasteiger partial charge in [0.25, 0.3) is 5.91 Å². The molecule has 1 N–H and O–H groups in total. The number of aromatic nitrogens is 2. The van der Waals surface area contributed by atoms with Gasteiger partial charge >= 0.3 is 0 Å². The highest BCUT2D eigenvalue weighted by molar-refractivity contribution is 5.95. The molecular formula is C17H20N4O. The predicted octanol–water partition coefficient (Wildman–Crippen LogP) is 2.05. The maximum Gasteiger partial charge on any atom is 0.253 e. The third-order valence-electron chi connectivity index (χ3n) is 3.82. The average molecular weight is 296 g/mol. The molecule has 0 aromatic carbocycles. The molecule has 114 valence electrons. The third-order valence-corrected chi connectivity index (χ3v) is 3.82. The predicted molar refractivity (Wildman–Crippen MR) is 85.9 cm³/mol. The van der Waals surface area contributed by atoms with E-state index in [9.17, 15) is 4.79 Å². The second-order valence-electron chi connectivity index (χ2n) is 5.71. The molecule has 2 aromatic heterocycles. The summed E-state index contributed by atoms with van der Waals surface area (Å²) < 4.78 is 0. The van der Waals surface area contributed by atoms with Crippen molar-refractivity contribution in [2.24, 2.45) is 0 Å². The van der Waals surface area contributed by atoms with E-state index in [-0.39, 0.29) is 5.91 Å². The van der Waals surface area contributed by atoms with Crippen LogP contribution in [-0.2, 0) is 6.42 Å². The number of anilines is 1. The van der Waals surface area contributed by atoms with Gasteiger partial charge in [-0.2, -0.15) is 0 Å². The molecule has 2 heterocycles. The summed E-state index contributed by atoms with van der Waals surface area (Å²) in [5.74, 6) is -0.0283. The lowest BCUT2D eigenvalue weighted by molar-refractivity contribution is 0.0950. The van der Waals surface area contributed by atoms with Gasteiger partial charge in [-0.25, -0.2) is 0 Å². The van der Waals surface area contributed by atoms with Crippen LogP contribution in [0.2, 0.25) is 0 Å². The van der Waals surface area contributed by atoms with Gasteiger partial charge in [-0.15, -0.1) is 0 Å². The van der Waals surface area contributed by atoms with Crippen LogP contribution in [0.5, 0.6) is 0 Å². The molecule has 0 radical (unpaired) electrons.